The number of ether oxygens (including phenoxy) is 2. The first-order valence-electron chi connectivity index (χ1n) is 12.7. The van der Waals surface area contributed by atoms with Crippen molar-refractivity contribution < 1.29 is 19.1 Å². The largest absolute Gasteiger partial charge is 0.467 e. The molecule has 3 aromatic carbocycles. The topological polar surface area (TPSA) is 76.7 Å². The van der Waals surface area contributed by atoms with Gasteiger partial charge in [-0.25, -0.2) is 9.59 Å². The van der Waals surface area contributed by atoms with Crippen LogP contribution in [-0.4, -0.2) is 30.8 Å². The number of alkyl carbamates (subject to hydrolysis) is 1. The number of halogens is 2. The molecule has 0 spiro atoms. The molecule has 4 rings (SSSR count). The summed E-state index contributed by atoms with van der Waals surface area (Å²) in [5, 5.41) is 7.60. The summed E-state index contributed by atoms with van der Waals surface area (Å²) in [6, 6.07) is 20.8. The van der Waals surface area contributed by atoms with Gasteiger partial charge in [-0.15, -0.1) is 11.8 Å². The number of hydrogen-bond donors (Lipinski definition) is 2. The van der Waals surface area contributed by atoms with E-state index in [-0.39, 0.29) is 17.7 Å². The zero-order chi connectivity index (χ0) is 28.2. The average molecular weight is 588 g/mol. The standard InChI is InChI=1S/C30H32Cl2N2O4S/c1-30(2,3)38-29(36)34-25(28(35)37-4)16-18-13-14-23-20(15-18)26(39-19-9-6-5-7-10-19)17-24(33-23)27-21(31)11-8-12-22(27)32/h5-15,24-26,33H,16-17H2,1-4H3,(H,34,36)/t24?,25-,26?/m1/s1. The van der Waals surface area contributed by atoms with E-state index in [1.807, 2.05) is 48.5 Å². The number of thioether (sulfide) groups is 1. The van der Waals surface area contributed by atoms with E-state index in [0.717, 1.165) is 33.7 Å². The molecule has 2 N–H and O–H groups in total. The van der Waals surface area contributed by atoms with Crippen molar-refractivity contribution in [3.05, 3.63) is 93.5 Å². The van der Waals surface area contributed by atoms with Gasteiger partial charge < -0.3 is 20.1 Å². The Kier molecular flexibility index (Phi) is 9.36. The number of carbonyl (C=O) groups excluding carboxylic acids is 2. The maximum atomic E-state index is 12.5. The predicted molar refractivity (Wildman–Crippen MR) is 158 cm³/mol. The van der Waals surface area contributed by atoms with Gasteiger partial charge in [0.15, 0.2) is 0 Å². The lowest BCUT2D eigenvalue weighted by molar-refractivity contribution is -0.143. The van der Waals surface area contributed by atoms with E-state index in [9.17, 15) is 9.59 Å². The zero-order valence-corrected chi connectivity index (χ0v) is 24.6. The van der Waals surface area contributed by atoms with E-state index in [4.69, 9.17) is 32.7 Å². The fraction of sp³-hybridized carbons (Fsp3) is 0.333. The number of methoxy groups -OCH3 is 1. The number of carbonyl (C=O) groups is 2. The summed E-state index contributed by atoms with van der Waals surface area (Å²) in [5.74, 6) is -0.541. The monoisotopic (exact) mass is 586 g/mol. The first-order valence-corrected chi connectivity index (χ1v) is 14.3. The molecule has 0 bridgehead atoms. The summed E-state index contributed by atoms with van der Waals surface area (Å²) in [4.78, 5) is 26.1. The van der Waals surface area contributed by atoms with Gasteiger partial charge in [0.2, 0.25) is 0 Å². The quantitative estimate of drug-likeness (QED) is 0.273. The van der Waals surface area contributed by atoms with Gasteiger partial charge in [0.25, 0.3) is 0 Å². The summed E-state index contributed by atoms with van der Waals surface area (Å²) < 4.78 is 10.3. The van der Waals surface area contributed by atoms with E-state index >= 15 is 0 Å². The minimum atomic E-state index is -0.894. The van der Waals surface area contributed by atoms with Crippen LogP contribution < -0.4 is 10.6 Å². The molecular weight excluding hydrogens is 555 g/mol. The second-order valence-corrected chi connectivity index (χ2v) is 12.4. The molecule has 6 nitrogen and oxygen atoms in total. The van der Waals surface area contributed by atoms with Crippen LogP contribution in [0, 0.1) is 0 Å². The van der Waals surface area contributed by atoms with E-state index in [1.54, 1.807) is 32.5 Å². The van der Waals surface area contributed by atoms with E-state index < -0.39 is 23.7 Å². The van der Waals surface area contributed by atoms with Gasteiger partial charge in [-0.1, -0.05) is 59.6 Å². The molecule has 0 aromatic heterocycles. The molecule has 0 fully saturated rings. The molecule has 1 aliphatic heterocycles. The number of anilines is 1. The minimum absolute atomic E-state index is 0.0799. The normalized spacial score (nSPS) is 17.4. The van der Waals surface area contributed by atoms with Gasteiger partial charge in [0.05, 0.1) is 13.2 Å². The van der Waals surface area contributed by atoms with Gasteiger partial charge in [-0.05, 0) is 68.7 Å². The van der Waals surface area contributed by atoms with Crippen molar-refractivity contribution in [2.24, 2.45) is 0 Å². The number of benzene rings is 3. The van der Waals surface area contributed by atoms with Crippen molar-refractivity contribution in [2.75, 3.05) is 12.4 Å². The lowest BCUT2D eigenvalue weighted by Gasteiger charge is -2.34. The SMILES string of the molecule is COC(=O)[C@@H](Cc1ccc2c(c1)C(Sc1ccccc1)CC(c1c(Cl)cccc1Cl)N2)NC(=O)OC(C)(C)C. The molecule has 1 heterocycles. The highest BCUT2D eigenvalue weighted by atomic mass is 35.5. The van der Waals surface area contributed by atoms with Crippen LogP contribution in [0.1, 0.15) is 55.2 Å². The van der Waals surface area contributed by atoms with Gasteiger partial charge in [-0.3, -0.25) is 0 Å². The van der Waals surface area contributed by atoms with Crippen LogP contribution in [0.4, 0.5) is 10.5 Å². The Morgan fingerprint density at radius 2 is 1.74 bits per heavy atom. The maximum absolute atomic E-state index is 12.5. The molecule has 0 radical (unpaired) electrons. The van der Waals surface area contributed by atoms with Gasteiger partial charge in [-0.2, -0.15) is 0 Å². The number of rotatable bonds is 7. The molecule has 0 saturated heterocycles. The third-order valence-electron chi connectivity index (χ3n) is 6.23. The van der Waals surface area contributed by atoms with E-state index in [2.05, 4.69) is 28.8 Å². The van der Waals surface area contributed by atoms with Crippen molar-refractivity contribution in [3.63, 3.8) is 0 Å². The molecular formula is C30H32Cl2N2O4S. The Hall–Kier alpha value is -2.87. The van der Waals surface area contributed by atoms with E-state index in [0.29, 0.717) is 10.0 Å². The van der Waals surface area contributed by atoms with Crippen LogP contribution >= 0.6 is 35.0 Å². The fourth-order valence-corrected chi connectivity index (χ4v) is 6.47. The van der Waals surface area contributed by atoms with Crippen LogP contribution in [-0.2, 0) is 20.7 Å². The summed E-state index contributed by atoms with van der Waals surface area (Å²) in [6.07, 6.45) is 0.326. The maximum Gasteiger partial charge on any atom is 0.408 e. The molecule has 3 atom stereocenters. The average Bonchev–Trinajstić information content (AvgIpc) is 2.87. The molecule has 39 heavy (non-hydrogen) atoms. The van der Waals surface area contributed by atoms with Crippen molar-refractivity contribution in [2.45, 2.75) is 61.4 Å². The number of fused-ring (bicyclic) bond motifs is 1. The van der Waals surface area contributed by atoms with Crippen LogP contribution in [0.25, 0.3) is 0 Å². The second kappa shape index (κ2) is 12.5. The van der Waals surface area contributed by atoms with Crippen LogP contribution in [0.2, 0.25) is 10.0 Å². The molecule has 2 unspecified atom stereocenters. The van der Waals surface area contributed by atoms with Gasteiger partial charge in [0.1, 0.15) is 11.6 Å². The molecule has 9 heteroatoms. The van der Waals surface area contributed by atoms with Crippen LogP contribution in [0.3, 0.4) is 0 Å². The van der Waals surface area contributed by atoms with Gasteiger partial charge in [0, 0.05) is 37.9 Å². The third-order valence-corrected chi connectivity index (χ3v) is 8.16. The van der Waals surface area contributed by atoms with Gasteiger partial charge >= 0.3 is 12.1 Å². The number of hydrogen-bond acceptors (Lipinski definition) is 6. The Morgan fingerprint density at radius 3 is 2.38 bits per heavy atom. The minimum Gasteiger partial charge on any atom is -0.467 e. The van der Waals surface area contributed by atoms with Crippen LogP contribution in [0.15, 0.2) is 71.6 Å². The first-order chi connectivity index (χ1) is 18.5. The lowest BCUT2D eigenvalue weighted by Crippen LogP contribution is -2.45. The highest BCUT2D eigenvalue weighted by Crippen LogP contribution is 2.50. The summed E-state index contributed by atoms with van der Waals surface area (Å²) in [7, 11) is 1.30. The van der Waals surface area contributed by atoms with E-state index in [1.165, 1.54) is 7.11 Å². The summed E-state index contributed by atoms with van der Waals surface area (Å²) >= 11 is 14.9. The molecule has 0 aliphatic carbocycles. The fourth-order valence-electron chi connectivity index (χ4n) is 4.55. The smallest absolute Gasteiger partial charge is 0.408 e. The van der Waals surface area contributed by atoms with Crippen molar-refractivity contribution in [1.29, 1.82) is 0 Å². The highest BCUT2D eigenvalue weighted by Gasteiger charge is 2.32. The highest BCUT2D eigenvalue weighted by molar-refractivity contribution is 7.99. The third kappa shape index (κ3) is 7.62. The Bertz CT molecular complexity index is 1310. The Labute approximate surface area is 243 Å². The molecule has 1 aliphatic rings. The molecule has 206 valence electrons. The lowest BCUT2D eigenvalue weighted by atomic mass is 9.91. The molecule has 1 amide bonds. The summed E-state index contributed by atoms with van der Waals surface area (Å²) in [5.41, 5.74) is 3.14. The molecule has 3 aromatic rings. The summed E-state index contributed by atoms with van der Waals surface area (Å²) in [6.45, 7) is 5.30. The number of nitrogens with one attached hydrogen (secondary N) is 2. The predicted octanol–water partition coefficient (Wildman–Crippen LogP) is 7.99. The number of amides is 1. The first kappa shape index (κ1) is 29.1. The van der Waals surface area contributed by atoms with Crippen molar-refractivity contribution in [3.8, 4) is 0 Å². The molecule has 0 saturated carbocycles. The zero-order valence-electron chi connectivity index (χ0n) is 22.3. The Morgan fingerprint density at radius 1 is 1.05 bits per heavy atom. The second-order valence-electron chi connectivity index (χ2n) is 10.3. The van der Waals surface area contributed by atoms with Crippen molar-refractivity contribution in [1.82, 2.24) is 5.32 Å². The van der Waals surface area contributed by atoms with Crippen LogP contribution in [0.5, 0.6) is 0 Å². The Balaban J connectivity index is 1.64. The number of esters is 1. The van der Waals surface area contributed by atoms with Crippen molar-refractivity contribution >= 4 is 52.7 Å².